The number of nitrogens with one attached hydrogen (secondary N) is 1. The number of thiophene rings is 1. The van der Waals surface area contributed by atoms with Gasteiger partial charge in [0.1, 0.15) is 5.82 Å². The van der Waals surface area contributed by atoms with Crippen molar-refractivity contribution < 1.29 is 4.79 Å². The molecule has 1 aliphatic heterocycles. The van der Waals surface area contributed by atoms with E-state index in [-0.39, 0.29) is 12.1 Å². The van der Waals surface area contributed by atoms with Gasteiger partial charge in [-0.25, -0.2) is 9.78 Å². The van der Waals surface area contributed by atoms with E-state index in [4.69, 9.17) is 0 Å². The van der Waals surface area contributed by atoms with Gasteiger partial charge in [-0.2, -0.15) is 11.3 Å². The molecule has 0 saturated carbocycles. The van der Waals surface area contributed by atoms with Crippen LogP contribution in [0.5, 0.6) is 0 Å². The third-order valence-electron chi connectivity index (χ3n) is 4.11. The van der Waals surface area contributed by atoms with Crippen LogP contribution in [0.2, 0.25) is 0 Å². The molecule has 0 unspecified atom stereocenters. The molecule has 1 N–H and O–H groups in total. The highest BCUT2D eigenvalue weighted by Gasteiger charge is 2.31. The lowest BCUT2D eigenvalue weighted by atomic mass is 10.1. The van der Waals surface area contributed by atoms with Gasteiger partial charge >= 0.3 is 6.03 Å². The van der Waals surface area contributed by atoms with Gasteiger partial charge < -0.3 is 14.8 Å². The van der Waals surface area contributed by atoms with Crippen molar-refractivity contribution in [2.75, 3.05) is 31.5 Å². The van der Waals surface area contributed by atoms with Gasteiger partial charge in [0.25, 0.3) is 0 Å². The molecule has 7 heteroatoms. The molecular formula is C15H21N5OS. The van der Waals surface area contributed by atoms with Crippen molar-refractivity contribution in [1.82, 2.24) is 19.4 Å². The van der Waals surface area contributed by atoms with Crippen molar-refractivity contribution in [1.29, 1.82) is 0 Å². The quantitative estimate of drug-likeness (QED) is 0.945. The van der Waals surface area contributed by atoms with Gasteiger partial charge in [0, 0.05) is 44.5 Å². The first-order valence-electron chi connectivity index (χ1n) is 7.48. The minimum absolute atomic E-state index is 0.0339. The fraction of sp³-hybridized carbons (Fsp3) is 0.467. The lowest BCUT2D eigenvalue weighted by molar-refractivity contribution is 0.0927. The Kier molecular flexibility index (Phi) is 4.44. The van der Waals surface area contributed by atoms with Crippen LogP contribution in [0.15, 0.2) is 29.2 Å². The molecule has 22 heavy (non-hydrogen) atoms. The number of piperazine rings is 1. The molecule has 0 radical (unpaired) electrons. The fourth-order valence-corrected chi connectivity index (χ4v) is 3.45. The molecule has 0 bridgehead atoms. The van der Waals surface area contributed by atoms with Crippen LogP contribution in [0.3, 0.4) is 0 Å². The maximum absolute atomic E-state index is 12.4. The summed E-state index contributed by atoms with van der Waals surface area (Å²) in [5, 5.41) is 6.86. The predicted octanol–water partition coefficient (Wildman–Crippen LogP) is 2.39. The van der Waals surface area contributed by atoms with Crippen molar-refractivity contribution in [2.24, 2.45) is 7.05 Å². The Balaban J connectivity index is 1.73. The number of anilines is 1. The van der Waals surface area contributed by atoms with E-state index in [1.165, 1.54) is 0 Å². The second-order valence-corrected chi connectivity index (χ2v) is 6.21. The summed E-state index contributed by atoms with van der Waals surface area (Å²) >= 11 is 1.58. The van der Waals surface area contributed by atoms with Crippen LogP contribution in [-0.2, 0) is 7.05 Å². The number of carbonyl (C=O) groups is 1. The van der Waals surface area contributed by atoms with Gasteiger partial charge in [0.2, 0.25) is 0 Å². The molecule has 2 aromatic heterocycles. The number of carbonyl (C=O) groups excluding carboxylic acids is 1. The molecule has 0 aromatic carbocycles. The van der Waals surface area contributed by atoms with Crippen molar-refractivity contribution >= 4 is 23.1 Å². The maximum Gasteiger partial charge on any atom is 0.321 e. The number of hydrogen-bond acceptors (Lipinski definition) is 4. The molecule has 1 atom stereocenters. The molecule has 0 spiro atoms. The van der Waals surface area contributed by atoms with Crippen molar-refractivity contribution in [3.63, 3.8) is 0 Å². The molecule has 0 aliphatic carbocycles. The molecular weight excluding hydrogens is 298 g/mol. The second kappa shape index (κ2) is 6.50. The number of aryl methyl sites for hydroxylation is 1. The number of rotatable bonds is 3. The zero-order chi connectivity index (χ0) is 15.5. The van der Waals surface area contributed by atoms with E-state index in [1.807, 2.05) is 45.7 Å². The van der Waals surface area contributed by atoms with Crippen molar-refractivity contribution in [3.8, 4) is 0 Å². The summed E-state index contributed by atoms with van der Waals surface area (Å²) in [5.74, 6) is 1.01. The highest BCUT2D eigenvalue weighted by Crippen LogP contribution is 2.24. The summed E-state index contributed by atoms with van der Waals surface area (Å²) in [4.78, 5) is 21.2. The Hall–Kier alpha value is -1.86. The zero-order valence-electron chi connectivity index (χ0n) is 12.9. The van der Waals surface area contributed by atoms with E-state index in [1.54, 1.807) is 11.3 Å². The molecule has 6 nitrogen and oxygen atoms in total. The molecule has 2 aromatic rings. The van der Waals surface area contributed by atoms with E-state index < -0.39 is 0 Å². The van der Waals surface area contributed by atoms with E-state index >= 15 is 0 Å². The van der Waals surface area contributed by atoms with Crippen LogP contribution >= 0.6 is 11.3 Å². The molecule has 118 valence electrons. The second-order valence-electron chi connectivity index (χ2n) is 5.43. The molecule has 1 fully saturated rings. The standard InChI is InChI=1S/C15H21N5OS/c1-3-19-7-8-20(15(21)17-12-4-9-22-11-12)10-13(19)14-16-5-6-18(14)2/h4-6,9,11,13H,3,7-8,10H2,1-2H3,(H,17,21)/t13-/m1/s1. The Morgan fingerprint density at radius 3 is 3.00 bits per heavy atom. The van der Waals surface area contributed by atoms with Crippen LogP contribution in [0, 0.1) is 0 Å². The molecule has 3 rings (SSSR count). The Labute approximate surface area is 134 Å². The topological polar surface area (TPSA) is 53.4 Å². The zero-order valence-corrected chi connectivity index (χ0v) is 13.7. The van der Waals surface area contributed by atoms with E-state index in [0.29, 0.717) is 6.54 Å². The monoisotopic (exact) mass is 319 g/mol. The van der Waals surface area contributed by atoms with Crippen LogP contribution < -0.4 is 5.32 Å². The molecule has 3 heterocycles. The number of hydrogen-bond donors (Lipinski definition) is 1. The summed E-state index contributed by atoms with van der Waals surface area (Å²) in [7, 11) is 2.00. The highest BCUT2D eigenvalue weighted by atomic mass is 32.1. The lowest BCUT2D eigenvalue weighted by Crippen LogP contribution is -2.52. The maximum atomic E-state index is 12.4. The fourth-order valence-electron chi connectivity index (χ4n) is 2.86. The third-order valence-corrected chi connectivity index (χ3v) is 4.80. The SMILES string of the molecule is CCN1CCN(C(=O)Nc2ccsc2)C[C@@H]1c1nccn1C. The summed E-state index contributed by atoms with van der Waals surface area (Å²) in [6.07, 6.45) is 3.76. The van der Waals surface area contributed by atoms with Gasteiger partial charge in [0.05, 0.1) is 11.7 Å². The molecule has 2 amide bonds. The smallest absolute Gasteiger partial charge is 0.321 e. The summed E-state index contributed by atoms with van der Waals surface area (Å²) in [5.41, 5.74) is 0.862. The minimum Gasteiger partial charge on any atom is -0.337 e. The molecule has 1 saturated heterocycles. The van der Waals surface area contributed by atoms with Crippen LogP contribution in [0.1, 0.15) is 18.8 Å². The van der Waals surface area contributed by atoms with Crippen LogP contribution in [0.4, 0.5) is 10.5 Å². The minimum atomic E-state index is -0.0339. The Morgan fingerprint density at radius 1 is 1.50 bits per heavy atom. The Bertz CT molecular complexity index is 624. The van der Waals surface area contributed by atoms with E-state index in [2.05, 4.69) is 22.1 Å². The first-order valence-corrected chi connectivity index (χ1v) is 8.42. The van der Waals surface area contributed by atoms with E-state index in [9.17, 15) is 4.79 Å². The summed E-state index contributed by atoms with van der Waals surface area (Å²) in [6, 6.07) is 2.03. The summed E-state index contributed by atoms with van der Waals surface area (Å²) < 4.78 is 2.04. The number of likely N-dealkylation sites (N-methyl/N-ethyl adjacent to an activating group) is 1. The number of imidazole rings is 1. The van der Waals surface area contributed by atoms with Gasteiger partial charge in [-0.05, 0) is 18.0 Å². The lowest BCUT2D eigenvalue weighted by Gasteiger charge is -2.40. The number of aromatic nitrogens is 2. The first-order chi connectivity index (χ1) is 10.7. The summed E-state index contributed by atoms with van der Waals surface area (Å²) in [6.45, 7) is 5.37. The Morgan fingerprint density at radius 2 is 2.36 bits per heavy atom. The largest absolute Gasteiger partial charge is 0.337 e. The van der Waals surface area contributed by atoms with Crippen LogP contribution in [0.25, 0.3) is 0 Å². The average Bonchev–Trinajstić information content (AvgIpc) is 3.18. The number of urea groups is 1. The molecule has 1 aliphatic rings. The third kappa shape index (κ3) is 3.00. The van der Waals surface area contributed by atoms with Gasteiger partial charge in [-0.3, -0.25) is 4.90 Å². The normalized spacial score (nSPS) is 19.4. The first kappa shape index (κ1) is 15.1. The van der Waals surface area contributed by atoms with Gasteiger partial charge in [-0.1, -0.05) is 6.92 Å². The van der Waals surface area contributed by atoms with Gasteiger partial charge in [0.15, 0.2) is 0 Å². The predicted molar refractivity (Wildman–Crippen MR) is 88.1 cm³/mol. The van der Waals surface area contributed by atoms with E-state index in [0.717, 1.165) is 31.1 Å². The van der Waals surface area contributed by atoms with Crippen molar-refractivity contribution in [2.45, 2.75) is 13.0 Å². The number of amides is 2. The highest BCUT2D eigenvalue weighted by molar-refractivity contribution is 7.08. The number of nitrogens with zero attached hydrogens (tertiary/aromatic N) is 4. The van der Waals surface area contributed by atoms with Crippen LogP contribution in [-0.4, -0.2) is 51.6 Å². The average molecular weight is 319 g/mol. The van der Waals surface area contributed by atoms with Crippen molar-refractivity contribution in [3.05, 3.63) is 35.0 Å². The van der Waals surface area contributed by atoms with Gasteiger partial charge in [-0.15, -0.1) is 0 Å².